The van der Waals surface area contributed by atoms with Gasteiger partial charge in [0.05, 0.1) is 13.2 Å². The van der Waals surface area contributed by atoms with Crippen molar-refractivity contribution >= 4 is 28.3 Å². The van der Waals surface area contributed by atoms with Crippen LogP contribution in [-0.4, -0.2) is 24.3 Å². The summed E-state index contributed by atoms with van der Waals surface area (Å²) in [5.41, 5.74) is 0. The molecule has 0 aromatic heterocycles. The summed E-state index contributed by atoms with van der Waals surface area (Å²) in [6.45, 7) is 5.50. The van der Waals surface area contributed by atoms with Gasteiger partial charge in [-0.2, -0.15) is 0 Å². The van der Waals surface area contributed by atoms with Gasteiger partial charge in [-0.15, -0.1) is 0 Å². The maximum absolute atomic E-state index is 11.4. The molecule has 0 atom stereocenters. The molecular weight excluding hydrogens is 308 g/mol. The molecule has 0 aliphatic carbocycles. The van der Waals surface area contributed by atoms with E-state index >= 15 is 0 Å². The normalized spacial score (nSPS) is 10.5. The van der Waals surface area contributed by atoms with E-state index in [2.05, 4.69) is 0 Å². The summed E-state index contributed by atoms with van der Waals surface area (Å²) in [5.74, 6) is -0.0569. The number of fused-ring (bicyclic) bond motifs is 1. The Morgan fingerprint density at radius 2 is 1.73 bits per heavy atom. The molecule has 0 bridgehead atoms. The van der Waals surface area contributed by atoms with Gasteiger partial charge < -0.3 is 19.3 Å². The Morgan fingerprint density at radius 3 is 2.32 bits per heavy atom. The topological polar surface area (TPSA) is 65.0 Å². The number of phenols is 1. The second-order valence-corrected chi connectivity index (χ2v) is 4.92. The minimum absolute atomic E-state index is 0.0760. The number of rotatable bonds is 5. The molecule has 0 saturated heterocycles. The molecule has 1 N–H and O–H groups in total. The Labute approximate surface area is 133 Å². The zero-order valence-electron chi connectivity index (χ0n) is 12.6. The quantitative estimate of drug-likeness (QED) is 0.667. The average molecular weight is 325 g/mol. The molecular formula is C16H17ClO5. The summed E-state index contributed by atoms with van der Waals surface area (Å²) in [6, 6.07) is 4.88. The maximum Gasteiger partial charge on any atom is 0.308 e. The van der Waals surface area contributed by atoms with E-state index in [0.717, 1.165) is 0 Å². The molecule has 6 heteroatoms. The molecule has 22 heavy (non-hydrogen) atoms. The number of esters is 1. The summed E-state index contributed by atoms with van der Waals surface area (Å²) in [6.07, 6.45) is 0. The Kier molecular flexibility index (Phi) is 4.98. The molecule has 0 aliphatic heterocycles. The molecule has 0 fully saturated rings. The van der Waals surface area contributed by atoms with Crippen LogP contribution >= 0.6 is 11.6 Å². The first kappa shape index (κ1) is 16.2. The van der Waals surface area contributed by atoms with Crippen LogP contribution in [0.2, 0.25) is 5.02 Å². The first-order valence-corrected chi connectivity index (χ1v) is 7.29. The third-order valence-corrected chi connectivity index (χ3v) is 3.17. The first-order valence-electron chi connectivity index (χ1n) is 6.91. The van der Waals surface area contributed by atoms with Crippen LogP contribution in [0.4, 0.5) is 0 Å². The molecule has 2 rings (SSSR count). The number of ether oxygens (including phenoxy) is 3. The fraction of sp³-hybridized carbons (Fsp3) is 0.312. The lowest BCUT2D eigenvalue weighted by atomic mass is 10.1. The van der Waals surface area contributed by atoms with Gasteiger partial charge in [-0.25, -0.2) is 0 Å². The molecule has 2 aromatic rings. The van der Waals surface area contributed by atoms with Gasteiger partial charge in [0.2, 0.25) is 11.5 Å². The predicted molar refractivity (Wildman–Crippen MR) is 84.3 cm³/mol. The van der Waals surface area contributed by atoms with Crippen molar-refractivity contribution in [1.29, 1.82) is 0 Å². The molecule has 118 valence electrons. The first-order chi connectivity index (χ1) is 10.5. The highest BCUT2D eigenvalue weighted by molar-refractivity contribution is 6.31. The SMILES string of the molecule is CCOc1c(OCC)c(OC(C)=O)c2cc(Cl)ccc2c1O. The van der Waals surface area contributed by atoms with E-state index in [1.54, 1.807) is 32.0 Å². The maximum atomic E-state index is 11.4. The highest BCUT2D eigenvalue weighted by Crippen LogP contribution is 2.51. The number of carbonyl (C=O) groups excluding carboxylic acids is 1. The predicted octanol–water partition coefficient (Wildman–Crippen LogP) is 3.92. The van der Waals surface area contributed by atoms with Crippen molar-refractivity contribution in [3.63, 3.8) is 0 Å². The van der Waals surface area contributed by atoms with E-state index in [4.69, 9.17) is 25.8 Å². The molecule has 0 saturated carbocycles. The summed E-state index contributed by atoms with van der Waals surface area (Å²) in [4.78, 5) is 11.4. The fourth-order valence-corrected chi connectivity index (χ4v) is 2.34. The third kappa shape index (κ3) is 3.04. The van der Waals surface area contributed by atoms with Crippen LogP contribution in [0.25, 0.3) is 10.8 Å². The second-order valence-electron chi connectivity index (χ2n) is 4.49. The number of hydrogen-bond donors (Lipinski definition) is 1. The van der Waals surface area contributed by atoms with Crippen LogP contribution in [0.1, 0.15) is 20.8 Å². The van der Waals surface area contributed by atoms with Crippen LogP contribution in [-0.2, 0) is 4.79 Å². The molecule has 2 aromatic carbocycles. The van der Waals surface area contributed by atoms with Crippen LogP contribution in [0, 0.1) is 0 Å². The highest BCUT2D eigenvalue weighted by Gasteiger charge is 2.24. The second kappa shape index (κ2) is 6.75. The van der Waals surface area contributed by atoms with Crippen molar-refractivity contribution < 1.29 is 24.1 Å². The molecule has 0 spiro atoms. The van der Waals surface area contributed by atoms with E-state index in [-0.39, 0.29) is 23.0 Å². The van der Waals surface area contributed by atoms with Gasteiger partial charge in [0.15, 0.2) is 11.5 Å². The van der Waals surface area contributed by atoms with Gasteiger partial charge in [-0.1, -0.05) is 11.6 Å². The highest BCUT2D eigenvalue weighted by atomic mass is 35.5. The number of benzene rings is 2. The number of aromatic hydroxyl groups is 1. The van der Waals surface area contributed by atoms with Gasteiger partial charge >= 0.3 is 5.97 Å². The summed E-state index contributed by atoms with van der Waals surface area (Å²) in [7, 11) is 0. The molecule has 5 nitrogen and oxygen atoms in total. The van der Waals surface area contributed by atoms with Gasteiger partial charge in [-0.05, 0) is 32.0 Å². The van der Waals surface area contributed by atoms with Crippen LogP contribution in [0.5, 0.6) is 23.0 Å². The van der Waals surface area contributed by atoms with Crippen molar-refractivity contribution in [2.45, 2.75) is 20.8 Å². The number of hydrogen-bond acceptors (Lipinski definition) is 5. The Bertz CT molecular complexity index is 711. The van der Waals surface area contributed by atoms with E-state index in [9.17, 15) is 9.90 Å². The Balaban J connectivity index is 2.86. The Hall–Kier alpha value is -2.14. The lowest BCUT2D eigenvalue weighted by Gasteiger charge is -2.18. The fourth-order valence-electron chi connectivity index (χ4n) is 2.16. The van der Waals surface area contributed by atoms with Crippen molar-refractivity contribution in [2.24, 2.45) is 0 Å². The zero-order chi connectivity index (χ0) is 16.3. The number of phenolic OH excluding ortho intramolecular Hbond substituents is 1. The van der Waals surface area contributed by atoms with Gasteiger partial charge in [0.1, 0.15) is 0 Å². The van der Waals surface area contributed by atoms with E-state index in [1.807, 2.05) is 0 Å². The van der Waals surface area contributed by atoms with E-state index in [0.29, 0.717) is 29.0 Å². The van der Waals surface area contributed by atoms with Crippen LogP contribution in [0.15, 0.2) is 18.2 Å². The van der Waals surface area contributed by atoms with Crippen molar-refractivity contribution in [2.75, 3.05) is 13.2 Å². The number of halogens is 1. The van der Waals surface area contributed by atoms with Crippen molar-refractivity contribution in [3.8, 4) is 23.0 Å². The standard InChI is InChI=1S/C16H17ClO5/c1-4-20-15-13(19)11-7-6-10(17)8-12(11)14(22-9(3)18)16(15)21-5-2/h6-8,19H,4-5H2,1-3H3. The minimum Gasteiger partial charge on any atom is -0.504 e. The summed E-state index contributed by atoms with van der Waals surface area (Å²) in [5, 5.41) is 11.8. The largest absolute Gasteiger partial charge is 0.504 e. The molecule has 0 aliphatic rings. The number of carbonyl (C=O) groups is 1. The zero-order valence-corrected chi connectivity index (χ0v) is 13.4. The van der Waals surface area contributed by atoms with Crippen molar-refractivity contribution in [3.05, 3.63) is 23.2 Å². The third-order valence-electron chi connectivity index (χ3n) is 2.93. The van der Waals surface area contributed by atoms with Crippen LogP contribution < -0.4 is 14.2 Å². The smallest absolute Gasteiger partial charge is 0.308 e. The molecule has 0 heterocycles. The van der Waals surface area contributed by atoms with E-state index < -0.39 is 5.97 Å². The van der Waals surface area contributed by atoms with Gasteiger partial charge in [-0.3, -0.25) is 4.79 Å². The van der Waals surface area contributed by atoms with Gasteiger partial charge in [0.25, 0.3) is 0 Å². The van der Waals surface area contributed by atoms with Crippen molar-refractivity contribution in [1.82, 2.24) is 0 Å². The lowest BCUT2D eigenvalue weighted by molar-refractivity contribution is -0.131. The minimum atomic E-state index is -0.504. The lowest BCUT2D eigenvalue weighted by Crippen LogP contribution is -2.07. The van der Waals surface area contributed by atoms with Gasteiger partial charge in [0, 0.05) is 22.7 Å². The molecule has 0 unspecified atom stereocenters. The summed E-state index contributed by atoms with van der Waals surface area (Å²) >= 11 is 6.02. The Morgan fingerprint density at radius 1 is 1.09 bits per heavy atom. The average Bonchev–Trinajstić information content (AvgIpc) is 2.46. The molecule has 0 radical (unpaired) electrons. The van der Waals surface area contributed by atoms with E-state index in [1.165, 1.54) is 6.92 Å². The monoisotopic (exact) mass is 324 g/mol. The van der Waals surface area contributed by atoms with Crippen LogP contribution in [0.3, 0.4) is 0 Å². The molecule has 0 amide bonds. The summed E-state index contributed by atoms with van der Waals surface area (Å²) < 4.78 is 16.3.